The highest BCUT2D eigenvalue weighted by atomic mass is 16.2. The van der Waals surface area contributed by atoms with Crippen LogP contribution in [0.2, 0.25) is 0 Å². The Morgan fingerprint density at radius 2 is 2.07 bits per heavy atom. The molecule has 3 aromatic heterocycles. The zero-order chi connectivity index (χ0) is 19.7. The van der Waals surface area contributed by atoms with Crippen LogP contribution in [0.25, 0.3) is 16.7 Å². The largest absolute Gasteiger partial charge is 0.328 e. The van der Waals surface area contributed by atoms with Crippen molar-refractivity contribution in [3.05, 3.63) is 81.4 Å². The van der Waals surface area contributed by atoms with Gasteiger partial charge in [0.25, 0.3) is 11.5 Å². The lowest BCUT2D eigenvalue weighted by Crippen LogP contribution is -2.34. The molecular weight excluding hydrogens is 360 g/mol. The highest BCUT2D eigenvalue weighted by molar-refractivity contribution is 6.05. The van der Waals surface area contributed by atoms with Gasteiger partial charge in [0.05, 0.1) is 22.8 Å². The van der Waals surface area contributed by atoms with E-state index in [-0.39, 0.29) is 18.0 Å². The van der Waals surface area contributed by atoms with Crippen LogP contribution in [0.4, 0.5) is 5.69 Å². The minimum absolute atomic E-state index is 0.272. The zero-order valence-electron chi connectivity index (χ0n) is 14.9. The van der Waals surface area contributed by atoms with E-state index in [1.54, 1.807) is 48.3 Å². The molecule has 0 unspecified atom stereocenters. The van der Waals surface area contributed by atoms with Crippen LogP contribution >= 0.6 is 0 Å². The van der Waals surface area contributed by atoms with Crippen LogP contribution in [0.5, 0.6) is 0 Å². The number of H-pyrrole nitrogens is 1. The highest BCUT2D eigenvalue weighted by Gasteiger charge is 2.11. The molecule has 0 saturated carbocycles. The number of fused-ring (bicyclic) bond motifs is 1. The zero-order valence-corrected chi connectivity index (χ0v) is 14.9. The minimum atomic E-state index is -0.504. The van der Waals surface area contributed by atoms with Crippen LogP contribution < -0.4 is 16.6 Å². The molecule has 0 aliphatic heterocycles. The summed E-state index contributed by atoms with van der Waals surface area (Å²) in [4.78, 5) is 43.7. The van der Waals surface area contributed by atoms with Crippen LogP contribution in [0.15, 0.2) is 64.6 Å². The monoisotopic (exact) mass is 376 g/mol. The van der Waals surface area contributed by atoms with Crippen molar-refractivity contribution in [2.45, 2.75) is 13.5 Å². The van der Waals surface area contributed by atoms with Gasteiger partial charge in [-0.05, 0) is 43.3 Å². The summed E-state index contributed by atoms with van der Waals surface area (Å²) >= 11 is 0. The van der Waals surface area contributed by atoms with Gasteiger partial charge in [0, 0.05) is 24.5 Å². The molecule has 0 atom stereocenters. The number of nitrogens with one attached hydrogen (secondary N) is 2. The first-order valence-electron chi connectivity index (χ1n) is 8.61. The van der Waals surface area contributed by atoms with Crippen molar-refractivity contribution in [3.63, 3.8) is 0 Å². The van der Waals surface area contributed by atoms with Gasteiger partial charge < -0.3 is 10.3 Å². The molecular formula is C19H16N6O3. The van der Waals surface area contributed by atoms with E-state index < -0.39 is 5.69 Å². The summed E-state index contributed by atoms with van der Waals surface area (Å²) < 4.78 is 2.71. The minimum Gasteiger partial charge on any atom is -0.321 e. The smallest absolute Gasteiger partial charge is 0.321 e. The highest BCUT2D eigenvalue weighted by Crippen LogP contribution is 2.13. The molecule has 9 heteroatoms. The predicted octanol–water partition coefficient (Wildman–Crippen LogP) is 1.54. The Bertz CT molecular complexity index is 1270. The average Bonchev–Trinajstić information content (AvgIpc) is 3.23. The fourth-order valence-corrected chi connectivity index (χ4v) is 2.89. The number of carbonyl (C=O) groups is 1. The lowest BCUT2D eigenvalue weighted by Gasteiger charge is -2.08. The van der Waals surface area contributed by atoms with Crippen LogP contribution in [-0.2, 0) is 6.54 Å². The summed E-state index contributed by atoms with van der Waals surface area (Å²) in [5, 5.41) is 7.18. The van der Waals surface area contributed by atoms with Gasteiger partial charge in [-0.2, -0.15) is 5.10 Å². The number of pyridine rings is 1. The SMILES string of the molecule is CCn1c(=O)[nH]c2cc(C(=O)Nc3ccc(-n4cccn4)nc3)ccc2c1=O. The van der Waals surface area contributed by atoms with Gasteiger partial charge in [0.2, 0.25) is 0 Å². The number of nitrogens with zero attached hydrogens (tertiary/aromatic N) is 4. The molecule has 9 nitrogen and oxygen atoms in total. The quantitative estimate of drug-likeness (QED) is 0.561. The summed E-state index contributed by atoms with van der Waals surface area (Å²) in [5.74, 6) is 0.245. The molecule has 4 aromatic rings. The number of aromatic amines is 1. The Balaban J connectivity index is 1.60. The molecule has 2 N–H and O–H groups in total. The number of hydrogen-bond donors (Lipinski definition) is 2. The third kappa shape index (κ3) is 3.09. The average molecular weight is 376 g/mol. The maximum Gasteiger partial charge on any atom is 0.328 e. The second-order valence-electron chi connectivity index (χ2n) is 6.05. The van der Waals surface area contributed by atoms with Crippen molar-refractivity contribution in [3.8, 4) is 5.82 Å². The van der Waals surface area contributed by atoms with E-state index in [4.69, 9.17) is 0 Å². The molecule has 0 radical (unpaired) electrons. The molecule has 0 spiro atoms. The molecule has 0 aliphatic carbocycles. The van der Waals surface area contributed by atoms with E-state index in [1.807, 2.05) is 0 Å². The van der Waals surface area contributed by atoms with Gasteiger partial charge in [-0.3, -0.25) is 14.2 Å². The summed E-state index contributed by atoms with van der Waals surface area (Å²) in [7, 11) is 0. The molecule has 4 rings (SSSR count). The van der Waals surface area contributed by atoms with Crippen LogP contribution in [0.3, 0.4) is 0 Å². The predicted molar refractivity (Wildman–Crippen MR) is 104 cm³/mol. The number of anilines is 1. The van der Waals surface area contributed by atoms with Gasteiger partial charge in [-0.15, -0.1) is 0 Å². The van der Waals surface area contributed by atoms with Gasteiger partial charge in [-0.25, -0.2) is 14.5 Å². The first kappa shape index (κ1) is 17.4. The lowest BCUT2D eigenvalue weighted by molar-refractivity contribution is 0.102. The Labute approximate surface area is 158 Å². The fraction of sp³-hybridized carbons (Fsp3) is 0.105. The third-order valence-electron chi connectivity index (χ3n) is 4.31. The molecule has 1 aromatic carbocycles. The summed E-state index contributed by atoms with van der Waals surface area (Å²) in [5.41, 5.74) is 0.256. The van der Waals surface area contributed by atoms with Crippen molar-refractivity contribution < 1.29 is 4.79 Å². The molecule has 0 bridgehead atoms. The standard InChI is InChI=1S/C19H16N6O3/c1-2-24-18(27)14-6-4-12(10-15(14)23-19(24)28)17(26)22-13-5-7-16(20-11-13)25-9-3-8-21-25/h3-11H,2H2,1H3,(H,22,26)(H,23,28). The maximum absolute atomic E-state index is 12.5. The first-order valence-corrected chi connectivity index (χ1v) is 8.61. The molecule has 0 aliphatic rings. The Morgan fingerprint density at radius 1 is 1.21 bits per heavy atom. The number of hydrogen-bond acceptors (Lipinski definition) is 5. The molecule has 140 valence electrons. The van der Waals surface area contributed by atoms with Crippen molar-refractivity contribution in [1.29, 1.82) is 0 Å². The topological polar surface area (TPSA) is 115 Å². The van der Waals surface area contributed by atoms with Gasteiger partial charge in [0.15, 0.2) is 5.82 Å². The second kappa shape index (κ2) is 6.95. The third-order valence-corrected chi connectivity index (χ3v) is 4.31. The molecule has 3 heterocycles. The van der Waals surface area contributed by atoms with Crippen LogP contribution in [-0.4, -0.2) is 30.2 Å². The summed E-state index contributed by atoms with van der Waals surface area (Å²) in [6.07, 6.45) is 4.94. The van der Waals surface area contributed by atoms with Crippen molar-refractivity contribution in [2.24, 2.45) is 0 Å². The van der Waals surface area contributed by atoms with E-state index in [9.17, 15) is 14.4 Å². The van der Waals surface area contributed by atoms with Crippen molar-refractivity contribution in [2.75, 3.05) is 5.32 Å². The number of rotatable bonds is 4. The molecule has 0 saturated heterocycles. The van der Waals surface area contributed by atoms with Gasteiger partial charge in [-0.1, -0.05) is 0 Å². The Kier molecular flexibility index (Phi) is 4.32. The first-order chi connectivity index (χ1) is 13.6. The van der Waals surface area contributed by atoms with E-state index in [0.717, 1.165) is 4.57 Å². The molecule has 0 fully saturated rings. The van der Waals surface area contributed by atoms with Crippen LogP contribution in [0.1, 0.15) is 17.3 Å². The number of benzene rings is 1. The lowest BCUT2D eigenvalue weighted by atomic mass is 10.1. The summed E-state index contributed by atoms with van der Waals surface area (Å²) in [6, 6.07) is 9.80. The maximum atomic E-state index is 12.5. The fourth-order valence-electron chi connectivity index (χ4n) is 2.89. The second-order valence-corrected chi connectivity index (χ2v) is 6.05. The van der Waals surface area contributed by atoms with Crippen LogP contribution in [0, 0.1) is 0 Å². The van der Waals surface area contributed by atoms with E-state index in [1.165, 1.54) is 18.3 Å². The van der Waals surface area contributed by atoms with E-state index in [0.29, 0.717) is 28.0 Å². The Hall–Kier alpha value is -4.01. The van der Waals surface area contributed by atoms with Crippen molar-refractivity contribution in [1.82, 2.24) is 24.3 Å². The van der Waals surface area contributed by atoms with Gasteiger partial charge in [0.1, 0.15) is 0 Å². The van der Waals surface area contributed by atoms with Crippen molar-refractivity contribution >= 4 is 22.5 Å². The number of carbonyl (C=O) groups excluding carboxylic acids is 1. The van der Waals surface area contributed by atoms with Gasteiger partial charge >= 0.3 is 5.69 Å². The normalized spacial score (nSPS) is 10.9. The molecule has 1 amide bonds. The van der Waals surface area contributed by atoms with E-state index >= 15 is 0 Å². The summed E-state index contributed by atoms with van der Waals surface area (Å²) in [6.45, 7) is 1.99. The number of amides is 1. The Morgan fingerprint density at radius 3 is 2.75 bits per heavy atom. The van der Waals surface area contributed by atoms with E-state index in [2.05, 4.69) is 20.4 Å². The molecule has 28 heavy (non-hydrogen) atoms. The number of aromatic nitrogens is 5.